The van der Waals surface area contributed by atoms with Gasteiger partial charge in [0.2, 0.25) is 5.88 Å². The topological polar surface area (TPSA) is 50.8 Å². The van der Waals surface area contributed by atoms with Crippen molar-refractivity contribution < 1.29 is 4.74 Å². The van der Waals surface area contributed by atoms with Gasteiger partial charge in [0.25, 0.3) is 0 Å². The van der Waals surface area contributed by atoms with Gasteiger partial charge < -0.3 is 4.74 Å². The van der Waals surface area contributed by atoms with Crippen molar-refractivity contribution in [2.75, 3.05) is 0 Å². The average Bonchev–Trinajstić information content (AvgIpc) is 2.86. The van der Waals surface area contributed by atoms with Gasteiger partial charge in [0.05, 0.1) is 11.4 Å². The molecule has 0 radical (unpaired) electrons. The van der Waals surface area contributed by atoms with Crippen molar-refractivity contribution in [1.29, 1.82) is 5.26 Å². The Labute approximate surface area is 129 Å². The van der Waals surface area contributed by atoms with Gasteiger partial charge in [0.1, 0.15) is 17.4 Å². The van der Waals surface area contributed by atoms with E-state index in [1.54, 1.807) is 11.6 Å². The van der Waals surface area contributed by atoms with Crippen LogP contribution in [0.25, 0.3) is 5.69 Å². The molecule has 22 heavy (non-hydrogen) atoms. The number of para-hydroxylation sites is 1. The highest BCUT2D eigenvalue weighted by Crippen LogP contribution is 2.29. The van der Waals surface area contributed by atoms with Crippen molar-refractivity contribution in [2.24, 2.45) is 0 Å². The third kappa shape index (κ3) is 2.57. The Kier molecular flexibility index (Phi) is 3.63. The van der Waals surface area contributed by atoms with E-state index < -0.39 is 0 Å². The summed E-state index contributed by atoms with van der Waals surface area (Å²) in [5.74, 6) is 1.12. The van der Waals surface area contributed by atoms with Gasteiger partial charge in [-0.2, -0.15) is 15.0 Å². The first-order chi connectivity index (χ1) is 10.7. The summed E-state index contributed by atoms with van der Waals surface area (Å²) in [5, 5.41) is 13.8. The molecule has 1 heterocycles. The highest BCUT2D eigenvalue weighted by molar-refractivity contribution is 5.49. The van der Waals surface area contributed by atoms with E-state index in [0.29, 0.717) is 22.9 Å². The predicted molar refractivity (Wildman–Crippen MR) is 84.3 cm³/mol. The number of ether oxygens (including phenoxy) is 1. The van der Waals surface area contributed by atoms with E-state index >= 15 is 0 Å². The third-order valence-electron chi connectivity index (χ3n) is 3.37. The van der Waals surface area contributed by atoms with Crippen molar-refractivity contribution in [2.45, 2.75) is 13.8 Å². The van der Waals surface area contributed by atoms with Crippen LogP contribution in [0.5, 0.6) is 11.6 Å². The van der Waals surface area contributed by atoms with Crippen LogP contribution in [0.4, 0.5) is 0 Å². The van der Waals surface area contributed by atoms with E-state index in [4.69, 9.17) is 4.74 Å². The first-order valence-corrected chi connectivity index (χ1v) is 6.98. The van der Waals surface area contributed by atoms with Crippen molar-refractivity contribution >= 4 is 0 Å². The fourth-order valence-electron chi connectivity index (χ4n) is 2.19. The lowest BCUT2D eigenvalue weighted by molar-refractivity contribution is 0.443. The van der Waals surface area contributed by atoms with Crippen LogP contribution in [0.15, 0.2) is 54.6 Å². The predicted octanol–water partition coefficient (Wildman–Crippen LogP) is 4.15. The zero-order valence-electron chi connectivity index (χ0n) is 12.4. The van der Waals surface area contributed by atoms with Gasteiger partial charge in [-0.1, -0.05) is 35.9 Å². The monoisotopic (exact) mass is 289 g/mol. The number of rotatable bonds is 3. The molecule has 0 aliphatic carbocycles. The second kappa shape index (κ2) is 5.74. The summed E-state index contributed by atoms with van der Waals surface area (Å²) in [6, 6.07) is 19.5. The molecule has 0 spiro atoms. The zero-order valence-corrected chi connectivity index (χ0v) is 12.4. The van der Waals surface area contributed by atoms with Gasteiger partial charge >= 0.3 is 0 Å². The summed E-state index contributed by atoms with van der Waals surface area (Å²) in [4.78, 5) is 0. The van der Waals surface area contributed by atoms with Gasteiger partial charge in [-0.15, -0.1) is 0 Å². The molecule has 0 fully saturated rings. The number of benzene rings is 2. The molecule has 108 valence electrons. The zero-order chi connectivity index (χ0) is 15.5. The smallest absolute Gasteiger partial charge is 0.240 e. The average molecular weight is 289 g/mol. The minimum Gasteiger partial charge on any atom is -0.438 e. The Hall–Kier alpha value is -3.06. The largest absolute Gasteiger partial charge is 0.438 e. The summed E-state index contributed by atoms with van der Waals surface area (Å²) >= 11 is 0. The summed E-state index contributed by atoms with van der Waals surface area (Å²) in [7, 11) is 0. The molecule has 0 N–H and O–H groups in total. The van der Waals surface area contributed by atoms with Crippen molar-refractivity contribution in [3.8, 4) is 23.4 Å². The minimum atomic E-state index is 0.440. The normalized spacial score (nSPS) is 10.2. The fraction of sp³-hybridized carbons (Fsp3) is 0.111. The Bertz CT molecular complexity index is 827. The van der Waals surface area contributed by atoms with Crippen LogP contribution >= 0.6 is 0 Å². The van der Waals surface area contributed by atoms with Crippen LogP contribution < -0.4 is 4.74 Å². The van der Waals surface area contributed by atoms with Gasteiger partial charge in [-0.05, 0) is 38.1 Å². The molecular formula is C18H15N3O. The Morgan fingerprint density at radius 3 is 2.32 bits per heavy atom. The highest BCUT2D eigenvalue weighted by atomic mass is 16.5. The van der Waals surface area contributed by atoms with Crippen LogP contribution in [0.1, 0.15) is 16.8 Å². The standard InChI is InChI=1S/C18H15N3O/c1-13-8-10-16(11-9-13)22-18-17(12-19)14(2)20-21(18)15-6-4-3-5-7-15/h3-11H,1-2H3. The van der Waals surface area contributed by atoms with E-state index in [0.717, 1.165) is 11.3 Å². The highest BCUT2D eigenvalue weighted by Gasteiger charge is 2.18. The minimum absolute atomic E-state index is 0.440. The lowest BCUT2D eigenvalue weighted by atomic mass is 10.2. The van der Waals surface area contributed by atoms with Crippen molar-refractivity contribution in [3.63, 3.8) is 0 Å². The van der Waals surface area contributed by atoms with E-state index in [1.807, 2.05) is 61.5 Å². The molecule has 0 bridgehead atoms. The molecule has 0 aliphatic rings. The Balaban J connectivity index is 2.09. The first-order valence-electron chi connectivity index (χ1n) is 6.98. The lowest BCUT2D eigenvalue weighted by Crippen LogP contribution is -2.00. The molecule has 0 saturated carbocycles. The SMILES string of the molecule is Cc1ccc(Oc2c(C#N)c(C)nn2-c2ccccc2)cc1. The molecule has 0 unspecified atom stereocenters. The fourth-order valence-corrected chi connectivity index (χ4v) is 2.19. The second-order valence-electron chi connectivity index (χ2n) is 5.04. The maximum absolute atomic E-state index is 9.40. The molecule has 1 aromatic heterocycles. The molecule has 0 amide bonds. The van der Waals surface area contributed by atoms with Crippen LogP contribution in [0, 0.1) is 25.2 Å². The Morgan fingerprint density at radius 2 is 1.68 bits per heavy atom. The molecule has 2 aromatic carbocycles. The van der Waals surface area contributed by atoms with E-state index in [-0.39, 0.29) is 0 Å². The molecule has 0 aliphatic heterocycles. The maximum Gasteiger partial charge on any atom is 0.240 e. The molecule has 0 saturated heterocycles. The summed E-state index contributed by atoms with van der Waals surface area (Å²) in [6.07, 6.45) is 0. The molecule has 3 aromatic rings. The van der Waals surface area contributed by atoms with Crippen LogP contribution in [0.3, 0.4) is 0 Å². The number of nitriles is 1. The first kappa shape index (κ1) is 13.9. The van der Waals surface area contributed by atoms with Gasteiger partial charge in [-0.3, -0.25) is 0 Å². The van der Waals surface area contributed by atoms with Gasteiger partial charge in [0.15, 0.2) is 0 Å². The molecular weight excluding hydrogens is 274 g/mol. The Morgan fingerprint density at radius 1 is 1.00 bits per heavy atom. The number of aryl methyl sites for hydroxylation is 2. The maximum atomic E-state index is 9.40. The summed E-state index contributed by atoms with van der Waals surface area (Å²) in [5.41, 5.74) is 3.10. The van der Waals surface area contributed by atoms with Gasteiger partial charge in [0, 0.05) is 0 Å². The molecule has 4 nitrogen and oxygen atoms in total. The number of nitrogens with zero attached hydrogens (tertiary/aromatic N) is 3. The van der Waals surface area contributed by atoms with Gasteiger partial charge in [-0.25, -0.2) is 0 Å². The second-order valence-corrected chi connectivity index (χ2v) is 5.04. The number of hydrogen-bond acceptors (Lipinski definition) is 3. The number of hydrogen-bond donors (Lipinski definition) is 0. The van der Waals surface area contributed by atoms with E-state index in [2.05, 4.69) is 11.2 Å². The van der Waals surface area contributed by atoms with E-state index in [1.165, 1.54) is 0 Å². The molecule has 0 atom stereocenters. The lowest BCUT2D eigenvalue weighted by Gasteiger charge is -2.09. The van der Waals surface area contributed by atoms with Crippen LogP contribution in [-0.4, -0.2) is 9.78 Å². The summed E-state index contributed by atoms with van der Waals surface area (Å²) < 4.78 is 7.60. The van der Waals surface area contributed by atoms with Crippen molar-refractivity contribution in [1.82, 2.24) is 9.78 Å². The van der Waals surface area contributed by atoms with E-state index in [9.17, 15) is 5.26 Å². The third-order valence-corrected chi connectivity index (χ3v) is 3.37. The van der Waals surface area contributed by atoms with Crippen molar-refractivity contribution in [3.05, 3.63) is 71.4 Å². The van der Waals surface area contributed by atoms with Crippen LogP contribution in [0.2, 0.25) is 0 Å². The molecule has 4 heteroatoms. The molecule has 3 rings (SSSR count). The summed E-state index contributed by atoms with van der Waals surface area (Å²) in [6.45, 7) is 3.82. The number of aromatic nitrogens is 2. The van der Waals surface area contributed by atoms with Crippen LogP contribution in [-0.2, 0) is 0 Å². The quantitative estimate of drug-likeness (QED) is 0.727.